The van der Waals surface area contributed by atoms with E-state index in [0.717, 1.165) is 18.9 Å². The van der Waals surface area contributed by atoms with Gasteiger partial charge in [0.1, 0.15) is 11.6 Å². The number of halogens is 2. The molecule has 1 aromatic carbocycles. The van der Waals surface area contributed by atoms with Crippen LogP contribution in [0.2, 0.25) is 0 Å². The van der Waals surface area contributed by atoms with E-state index in [2.05, 4.69) is 0 Å². The molecule has 0 radical (unpaired) electrons. The zero-order valence-corrected chi connectivity index (χ0v) is 11.6. The second kappa shape index (κ2) is 6.07. The Hall–Kier alpha value is -2.18. The van der Waals surface area contributed by atoms with Crippen molar-refractivity contribution >= 4 is 17.6 Å². The number of likely N-dealkylation sites (N-methyl/N-ethyl adjacent to an activating group) is 1. The van der Waals surface area contributed by atoms with Crippen molar-refractivity contribution in [3.8, 4) is 0 Å². The van der Waals surface area contributed by atoms with Gasteiger partial charge in [-0.1, -0.05) is 0 Å². The number of nitrogens with two attached hydrogens (primary N) is 1. The molecule has 1 aromatic rings. The van der Waals surface area contributed by atoms with Crippen molar-refractivity contribution in [1.29, 1.82) is 0 Å². The second-order valence-corrected chi connectivity index (χ2v) is 4.84. The van der Waals surface area contributed by atoms with Crippen molar-refractivity contribution in [2.75, 3.05) is 18.9 Å². The van der Waals surface area contributed by atoms with Crippen molar-refractivity contribution in [2.45, 2.75) is 25.8 Å². The fourth-order valence-corrected chi connectivity index (χ4v) is 2.03. The van der Waals surface area contributed by atoms with Crippen LogP contribution in [0.1, 0.15) is 30.1 Å². The Morgan fingerprint density at radius 3 is 2.57 bits per heavy atom. The van der Waals surface area contributed by atoms with Crippen LogP contribution in [0.25, 0.3) is 0 Å². The third kappa shape index (κ3) is 3.48. The number of anilines is 1. The Kier molecular flexibility index (Phi) is 4.40. The van der Waals surface area contributed by atoms with Gasteiger partial charge in [-0.05, 0) is 25.8 Å². The average molecular weight is 298 g/mol. The summed E-state index contributed by atoms with van der Waals surface area (Å²) in [7, 11) is 0. The summed E-state index contributed by atoms with van der Waals surface area (Å²) >= 11 is 0. The molecule has 0 bridgehead atoms. The SMILES string of the molecule is CCN(C(=O)COC(=O)c1cc(N)c(F)cc1F)C1CC1. The number of ether oxygens (including phenoxy) is 1. The molecule has 2 N–H and O–H groups in total. The van der Waals surface area contributed by atoms with Crippen molar-refractivity contribution in [2.24, 2.45) is 0 Å². The van der Waals surface area contributed by atoms with Crippen molar-refractivity contribution in [3.05, 3.63) is 29.3 Å². The maximum Gasteiger partial charge on any atom is 0.341 e. The molecule has 0 atom stereocenters. The van der Waals surface area contributed by atoms with Gasteiger partial charge in [-0.15, -0.1) is 0 Å². The molecule has 7 heteroatoms. The molecule has 2 rings (SSSR count). The summed E-state index contributed by atoms with van der Waals surface area (Å²) in [5.41, 5.74) is 4.43. The molecule has 0 heterocycles. The van der Waals surface area contributed by atoms with Gasteiger partial charge in [0.05, 0.1) is 11.3 Å². The lowest BCUT2D eigenvalue weighted by Gasteiger charge is -2.20. The number of hydrogen-bond acceptors (Lipinski definition) is 4. The van der Waals surface area contributed by atoms with Crippen molar-refractivity contribution in [3.63, 3.8) is 0 Å². The zero-order chi connectivity index (χ0) is 15.6. The molecule has 21 heavy (non-hydrogen) atoms. The first-order chi connectivity index (χ1) is 9.93. The predicted molar refractivity (Wildman–Crippen MR) is 71.5 cm³/mol. The monoisotopic (exact) mass is 298 g/mol. The molecule has 0 saturated heterocycles. The van der Waals surface area contributed by atoms with E-state index in [-0.39, 0.29) is 17.6 Å². The first-order valence-electron chi connectivity index (χ1n) is 6.65. The highest BCUT2D eigenvalue weighted by atomic mass is 19.1. The number of hydrogen-bond donors (Lipinski definition) is 1. The lowest BCUT2D eigenvalue weighted by molar-refractivity contribution is -0.134. The number of rotatable bonds is 5. The topological polar surface area (TPSA) is 72.6 Å². The number of carbonyl (C=O) groups is 2. The molecular weight excluding hydrogens is 282 g/mol. The first-order valence-corrected chi connectivity index (χ1v) is 6.65. The smallest absolute Gasteiger partial charge is 0.341 e. The minimum absolute atomic E-state index is 0.208. The maximum atomic E-state index is 13.5. The fraction of sp³-hybridized carbons (Fsp3) is 0.429. The van der Waals surface area contributed by atoms with Crippen LogP contribution in [-0.4, -0.2) is 36.0 Å². The zero-order valence-electron chi connectivity index (χ0n) is 11.6. The Morgan fingerprint density at radius 1 is 1.33 bits per heavy atom. The summed E-state index contributed by atoms with van der Waals surface area (Å²) < 4.78 is 31.3. The summed E-state index contributed by atoms with van der Waals surface area (Å²) in [5, 5.41) is 0. The number of carbonyl (C=O) groups excluding carboxylic acids is 2. The number of nitrogen functional groups attached to an aromatic ring is 1. The highest BCUT2D eigenvalue weighted by molar-refractivity contribution is 5.92. The van der Waals surface area contributed by atoms with E-state index >= 15 is 0 Å². The van der Waals surface area contributed by atoms with E-state index in [1.807, 2.05) is 6.92 Å². The molecule has 0 unspecified atom stereocenters. The third-order valence-electron chi connectivity index (χ3n) is 3.28. The van der Waals surface area contributed by atoms with Gasteiger partial charge in [-0.25, -0.2) is 13.6 Å². The number of benzene rings is 1. The Balaban J connectivity index is 1.98. The minimum atomic E-state index is -1.08. The highest BCUT2D eigenvalue weighted by Crippen LogP contribution is 2.26. The van der Waals surface area contributed by atoms with Gasteiger partial charge in [0.2, 0.25) is 0 Å². The lowest BCUT2D eigenvalue weighted by atomic mass is 10.2. The first kappa shape index (κ1) is 15.2. The Bertz CT molecular complexity index is 574. The van der Waals surface area contributed by atoms with Crippen LogP contribution < -0.4 is 5.73 Å². The van der Waals surface area contributed by atoms with E-state index < -0.39 is 29.8 Å². The van der Waals surface area contributed by atoms with Crippen LogP contribution in [0.15, 0.2) is 12.1 Å². The van der Waals surface area contributed by atoms with E-state index in [9.17, 15) is 18.4 Å². The summed E-state index contributed by atoms with van der Waals surface area (Å²) in [6, 6.07) is 1.58. The molecule has 0 aliphatic heterocycles. The molecule has 1 amide bonds. The predicted octanol–water partition coefficient (Wildman–Crippen LogP) is 1.71. The average Bonchev–Trinajstić information content (AvgIpc) is 3.25. The molecule has 114 valence electrons. The van der Waals surface area contributed by atoms with Crippen molar-refractivity contribution in [1.82, 2.24) is 4.90 Å². The van der Waals surface area contributed by atoms with Crippen LogP contribution in [-0.2, 0) is 9.53 Å². The molecule has 1 fully saturated rings. The third-order valence-corrected chi connectivity index (χ3v) is 3.28. The Morgan fingerprint density at radius 2 is 2.00 bits per heavy atom. The van der Waals surface area contributed by atoms with Crippen LogP contribution >= 0.6 is 0 Å². The minimum Gasteiger partial charge on any atom is -0.452 e. The van der Waals surface area contributed by atoms with Gasteiger partial charge < -0.3 is 15.4 Å². The van der Waals surface area contributed by atoms with Gasteiger partial charge in [0.25, 0.3) is 5.91 Å². The maximum absolute atomic E-state index is 13.5. The van der Waals surface area contributed by atoms with Gasteiger partial charge >= 0.3 is 5.97 Å². The van der Waals surface area contributed by atoms with Crippen LogP contribution in [0, 0.1) is 11.6 Å². The van der Waals surface area contributed by atoms with E-state index in [4.69, 9.17) is 10.5 Å². The van der Waals surface area contributed by atoms with Crippen LogP contribution in [0.4, 0.5) is 14.5 Å². The Labute approximate surface area is 120 Å². The summed E-state index contributed by atoms with van der Waals surface area (Å²) in [4.78, 5) is 25.2. The summed E-state index contributed by atoms with van der Waals surface area (Å²) in [5.74, 6) is -3.40. The standard InChI is InChI=1S/C14H16F2N2O3/c1-2-18(8-3-4-8)13(19)7-21-14(20)9-5-12(17)11(16)6-10(9)15/h5-6,8H,2-4,7,17H2,1H3. The molecular formula is C14H16F2N2O3. The van der Waals surface area contributed by atoms with Crippen LogP contribution in [0.3, 0.4) is 0 Å². The number of esters is 1. The second-order valence-electron chi connectivity index (χ2n) is 4.84. The van der Waals surface area contributed by atoms with Crippen LogP contribution in [0.5, 0.6) is 0 Å². The largest absolute Gasteiger partial charge is 0.452 e. The van der Waals surface area contributed by atoms with E-state index in [1.54, 1.807) is 4.90 Å². The molecule has 1 aliphatic rings. The normalized spacial score (nSPS) is 13.9. The molecule has 0 spiro atoms. The molecule has 0 aromatic heterocycles. The lowest BCUT2D eigenvalue weighted by Crippen LogP contribution is -2.36. The summed E-state index contributed by atoms with van der Waals surface area (Å²) in [6.07, 6.45) is 1.88. The highest BCUT2D eigenvalue weighted by Gasteiger charge is 2.31. The van der Waals surface area contributed by atoms with E-state index in [0.29, 0.717) is 12.6 Å². The van der Waals surface area contributed by atoms with Gasteiger partial charge in [0.15, 0.2) is 6.61 Å². The summed E-state index contributed by atoms with van der Waals surface area (Å²) in [6.45, 7) is 1.89. The van der Waals surface area contributed by atoms with E-state index in [1.165, 1.54) is 0 Å². The molecule has 5 nitrogen and oxygen atoms in total. The number of amides is 1. The number of nitrogens with zero attached hydrogens (tertiary/aromatic N) is 1. The quantitative estimate of drug-likeness (QED) is 0.663. The molecule has 1 saturated carbocycles. The van der Waals surface area contributed by atoms with Gasteiger partial charge in [-0.3, -0.25) is 4.79 Å². The van der Waals surface area contributed by atoms with Crippen molar-refractivity contribution < 1.29 is 23.1 Å². The molecule has 1 aliphatic carbocycles. The van der Waals surface area contributed by atoms with Gasteiger partial charge in [0, 0.05) is 18.7 Å². The fourth-order valence-electron chi connectivity index (χ4n) is 2.03. The van der Waals surface area contributed by atoms with Gasteiger partial charge in [-0.2, -0.15) is 0 Å².